The lowest BCUT2D eigenvalue weighted by Gasteiger charge is -2.08. The van der Waals surface area contributed by atoms with Gasteiger partial charge >= 0.3 is 0 Å². The van der Waals surface area contributed by atoms with E-state index in [-0.39, 0.29) is 0 Å². The van der Waals surface area contributed by atoms with Crippen molar-refractivity contribution in [1.29, 1.82) is 0 Å². The van der Waals surface area contributed by atoms with Crippen LogP contribution in [0.1, 0.15) is 17.0 Å². The second-order valence-corrected chi connectivity index (χ2v) is 6.00. The fourth-order valence-electron chi connectivity index (χ4n) is 3.02. The smallest absolute Gasteiger partial charge is 0.152 e. The Hall–Kier alpha value is -2.93. The SMILES string of the molecule is Cc1noc(C)c1COCCn1cnc2c(N)nc3ccccc3c21. The van der Waals surface area contributed by atoms with Gasteiger partial charge in [0.1, 0.15) is 11.3 Å². The van der Waals surface area contributed by atoms with E-state index in [2.05, 4.69) is 19.7 Å². The standard InChI is InChI=1S/C18H19N5O2/c1-11-14(12(2)25-22-11)9-24-8-7-23-10-20-16-17(23)13-5-3-4-6-15(13)21-18(16)19/h3-6,10H,7-9H2,1-2H3,(H2,19,21). The average molecular weight is 337 g/mol. The van der Waals surface area contributed by atoms with E-state index in [0.29, 0.717) is 25.6 Å². The van der Waals surface area contributed by atoms with Crippen LogP contribution in [-0.4, -0.2) is 26.3 Å². The minimum Gasteiger partial charge on any atom is -0.382 e. The van der Waals surface area contributed by atoms with Gasteiger partial charge in [-0.3, -0.25) is 0 Å². The summed E-state index contributed by atoms with van der Waals surface area (Å²) in [5, 5.41) is 4.98. The van der Waals surface area contributed by atoms with Gasteiger partial charge < -0.3 is 19.6 Å². The first-order valence-corrected chi connectivity index (χ1v) is 8.13. The molecule has 3 heterocycles. The van der Waals surface area contributed by atoms with Gasteiger partial charge in [0.25, 0.3) is 0 Å². The Kier molecular flexibility index (Phi) is 3.85. The minimum atomic E-state index is 0.448. The Morgan fingerprint density at radius 3 is 2.88 bits per heavy atom. The van der Waals surface area contributed by atoms with Crippen molar-refractivity contribution >= 4 is 27.8 Å². The second kappa shape index (κ2) is 6.18. The Labute approximate surface area is 144 Å². The van der Waals surface area contributed by atoms with Gasteiger partial charge in [-0.05, 0) is 19.9 Å². The number of rotatable bonds is 5. The van der Waals surface area contributed by atoms with E-state index < -0.39 is 0 Å². The summed E-state index contributed by atoms with van der Waals surface area (Å²) in [5.74, 6) is 1.25. The van der Waals surface area contributed by atoms with Crippen molar-refractivity contribution in [3.8, 4) is 0 Å². The largest absolute Gasteiger partial charge is 0.382 e. The van der Waals surface area contributed by atoms with E-state index >= 15 is 0 Å². The quantitative estimate of drug-likeness (QED) is 0.563. The number of imidazole rings is 1. The predicted octanol–water partition coefficient (Wildman–Crippen LogP) is 2.99. The molecule has 3 aromatic heterocycles. The van der Waals surface area contributed by atoms with Crippen LogP contribution in [0, 0.1) is 13.8 Å². The molecule has 0 aliphatic rings. The van der Waals surface area contributed by atoms with E-state index in [1.54, 1.807) is 6.33 Å². The number of nitrogens with two attached hydrogens (primary N) is 1. The third-order valence-corrected chi connectivity index (χ3v) is 4.38. The van der Waals surface area contributed by atoms with Gasteiger partial charge in [-0.1, -0.05) is 23.4 Å². The van der Waals surface area contributed by atoms with Crippen LogP contribution in [0.4, 0.5) is 5.82 Å². The van der Waals surface area contributed by atoms with Crippen molar-refractivity contribution < 1.29 is 9.26 Å². The number of para-hydroxylation sites is 1. The number of benzene rings is 1. The minimum absolute atomic E-state index is 0.448. The number of hydrogen-bond acceptors (Lipinski definition) is 6. The molecule has 0 saturated heterocycles. The Balaban J connectivity index is 1.56. The van der Waals surface area contributed by atoms with Crippen molar-refractivity contribution in [2.45, 2.75) is 27.0 Å². The van der Waals surface area contributed by atoms with E-state index in [0.717, 1.165) is 39.0 Å². The summed E-state index contributed by atoms with van der Waals surface area (Å²) < 4.78 is 13.0. The summed E-state index contributed by atoms with van der Waals surface area (Å²) in [7, 11) is 0. The molecule has 0 amide bonds. The summed E-state index contributed by atoms with van der Waals surface area (Å²) in [6, 6.07) is 7.93. The third kappa shape index (κ3) is 2.72. The Morgan fingerprint density at radius 2 is 2.08 bits per heavy atom. The maximum atomic E-state index is 6.05. The highest BCUT2D eigenvalue weighted by Crippen LogP contribution is 2.26. The summed E-state index contributed by atoms with van der Waals surface area (Å²) in [5.41, 5.74) is 10.5. The second-order valence-electron chi connectivity index (χ2n) is 6.00. The first-order valence-electron chi connectivity index (χ1n) is 8.13. The van der Waals surface area contributed by atoms with Crippen LogP contribution in [-0.2, 0) is 17.9 Å². The van der Waals surface area contributed by atoms with Gasteiger partial charge in [0.2, 0.25) is 0 Å². The highest BCUT2D eigenvalue weighted by atomic mass is 16.5. The molecule has 0 radical (unpaired) electrons. The monoisotopic (exact) mass is 337 g/mol. The van der Waals surface area contributed by atoms with Crippen LogP contribution in [0.25, 0.3) is 21.9 Å². The molecule has 2 N–H and O–H groups in total. The third-order valence-electron chi connectivity index (χ3n) is 4.38. The molecular weight excluding hydrogens is 318 g/mol. The summed E-state index contributed by atoms with van der Waals surface area (Å²) in [6.07, 6.45) is 1.79. The number of pyridine rings is 1. The van der Waals surface area contributed by atoms with Crippen molar-refractivity contribution in [3.63, 3.8) is 0 Å². The molecule has 4 rings (SSSR count). The molecule has 0 atom stereocenters. The van der Waals surface area contributed by atoms with Gasteiger partial charge in [-0.15, -0.1) is 0 Å². The number of hydrogen-bond donors (Lipinski definition) is 1. The molecule has 7 heteroatoms. The molecule has 0 bridgehead atoms. The topological polar surface area (TPSA) is 92.0 Å². The Bertz CT molecular complexity index is 1030. The first kappa shape index (κ1) is 15.6. The number of aromatic nitrogens is 4. The molecule has 25 heavy (non-hydrogen) atoms. The Morgan fingerprint density at radius 1 is 1.24 bits per heavy atom. The predicted molar refractivity (Wildman–Crippen MR) is 95.1 cm³/mol. The normalized spacial score (nSPS) is 11.6. The summed E-state index contributed by atoms with van der Waals surface area (Å²) in [4.78, 5) is 8.84. The maximum Gasteiger partial charge on any atom is 0.152 e. The van der Waals surface area contributed by atoms with Gasteiger partial charge in [-0.25, -0.2) is 9.97 Å². The van der Waals surface area contributed by atoms with E-state index in [1.807, 2.05) is 38.1 Å². The zero-order valence-corrected chi connectivity index (χ0v) is 14.2. The average Bonchev–Trinajstić information content (AvgIpc) is 3.17. The van der Waals surface area contributed by atoms with E-state index in [4.69, 9.17) is 15.0 Å². The number of fused-ring (bicyclic) bond motifs is 3. The number of anilines is 1. The fraction of sp³-hybridized carbons (Fsp3) is 0.278. The molecule has 0 aliphatic carbocycles. The number of nitrogens with zero attached hydrogens (tertiary/aromatic N) is 4. The molecule has 4 aromatic rings. The fourth-order valence-corrected chi connectivity index (χ4v) is 3.02. The van der Waals surface area contributed by atoms with Crippen molar-refractivity contribution in [3.05, 3.63) is 47.6 Å². The number of ether oxygens (including phenoxy) is 1. The highest BCUT2D eigenvalue weighted by Gasteiger charge is 2.12. The van der Waals surface area contributed by atoms with Gasteiger partial charge in [0, 0.05) is 17.5 Å². The zero-order chi connectivity index (χ0) is 17.4. The van der Waals surface area contributed by atoms with Crippen LogP contribution < -0.4 is 5.73 Å². The van der Waals surface area contributed by atoms with Crippen LogP contribution in [0.3, 0.4) is 0 Å². The summed E-state index contributed by atoms with van der Waals surface area (Å²) in [6.45, 7) is 5.52. The molecule has 0 spiro atoms. The molecular formula is C18H19N5O2. The van der Waals surface area contributed by atoms with E-state index in [1.165, 1.54) is 0 Å². The lowest BCUT2D eigenvalue weighted by atomic mass is 10.2. The van der Waals surface area contributed by atoms with Crippen molar-refractivity contribution in [2.75, 3.05) is 12.3 Å². The van der Waals surface area contributed by atoms with Crippen LogP contribution in [0.5, 0.6) is 0 Å². The van der Waals surface area contributed by atoms with Crippen LogP contribution >= 0.6 is 0 Å². The first-order chi connectivity index (χ1) is 12.1. The molecule has 0 aliphatic heterocycles. The maximum absolute atomic E-state index is 6.05. The zero-order valence-electron chi connectivity index (χ0n) is 14.2. The molecule has 1 aromatic carbocycles. The van der Waals surface area contributed by atoms with Crippen LogP contribution in [0.15, 0.2) is 35.1 Å². The molecule has 0 fully saturated rings. The van der Waals surface area contributed by atoms with Crippen molar-refractivity contribution in [1.82, 2.24) is 19.7 Å². The van der Waals surface area contributed by atoms with Gasteiger partial charge in [0.15, 0.2) is 5.82 Å². The molecule has 0 unspecified atom stereocenters. The molecule has 0 saturated carbocycles. The lowest BCUT2D eigenvalue weighted by Crippen LogP contribution is -2.06. The van der Waals surface area contributed by atoms with Gasteiger partial charge in [-0.2, -0.15) is 0 Å². The van der Waals surface area contributed by atoms with Crippen molar-refractivity contribution in [2.24, 2.45) is 0 Å². The number of nitrogen functional groups attached to an aromatic ring is 1. The van der Waals surface area contributed by atoms with Crippen LogP contribution in [0.2, 0.25) is 0 Å². The highest BCUT2D eigenvalue weighted by molar-refractivity contribution is 6.06. The lowest BCUT2D eigenvalue weighted by molar-refractivity contribution is 0.112. The van der Waals surface area contributed by atoms with E-state index in [9.17, 15) is 0 Å². The molecule has 128 valence electrons. The number of aryl methyl sites for hydroxylation is 2. The summed E-state index contributed by atoms with van der Waals surface area (Å²) >= 11 is 0. The molecule has 7 nitrogen and oxygen atoms in total. The van der Waals surface area contributed by atoms with Gasteiger partial charge in [0.05, 0.1) is 36.3 Å².